The van der Waals surface area contributed by atoms with E-state index in [0.717, 1.165) is 30.5 Å². The van der Waals surface area contributed by atoms with Gasteiger partial charge in [-0.3, -0.25) is 0 Å². The number of benzene rings is 2. The first-order valence-electron chi connectivity index (χ1n) is 9.89. The highest BCUT2D eigenvalue weighted by Gasteiger charge is 2.33. The number of nitrogens with zero attached hydrogens (tertiary/aromatic N) is 1. The van der Waals surface area contributed by atoms with Crippen molar-refractivity contribution in [3.8, 4) is 0 Å². The van der Waals surface area contributed by atoms with Gasteiger partial charge in [0.15, 0.2) is 0 Å². The summed E-state index contributed by atoms with van der Waals surface area (Å²) < 4.78 is 32.9. The first kappa shape index (κ1) is 19.5. The smallest absolute Gasteiger partial charge is 0.204 e. The van der Waals surface area contributed by atoms with Crippen molar-refractivity contribution in [1.29, 1.82) is 0 Å². The van der Waals surface area contributed by atoms with Crippen LogP contribution in [0, 0.1) is 6.92 Å². The molecule has 1 atom stereocenters. The summed E-state index contributed by atoms with van der Waals surface area (Å²) in [5.41, 5.74) is 2.19. The van der Waals surface area contributed by atoms with Gasteiger partial charge < -0.3 is 9.32 Å². The van der Waals surface area contributed by atoms with Crippen molar-refractivity contribution < 1.29 is 12.8 Å². The van der Waals surface area contributed by atoms with Gasteiger partial charge in [-0.2, -0.15) is 0 Å². The molecule has 2 aromatic carbocycles. The van der Waals surface area contributed by atoms with Crippen LogP contribution in [0.5, 0.6) is 0 Å². The predicted molar refractivity (Wildman–Crippen MR) is 114 cm³/mol. The fourth-order valence-corrected chi connectivity index (χ4v) is 5.46. The van der Waals surface area contributed by atoms with E-state index >= 15 is 0 Å². The van der Waals surface area contributed by atoms with E-state index in [2.05, 4.69) is 17.0 Å². The van der Waals surface area contributed by atoms with E-state index < -0.39 is 9.84 Å². The van der Waals surface area contributed by atoms with E-state index in [1.807, 2.05) is 55.6 Å². The van der Waals surface area contributed by atoms with Gasteiger partial charge in [-0.1, -0.05) is 48.0 Å². The maximum Gasteiger partial charge on any atom is 0.204 e. The van der Waals surface area contributed by atoms with Gasteiger partial charge >= 0.3 is 0 Å². The number of hydrogen-bond donors (Lipinski definition) is 0. The Bertz CT molecular complexity index is 1070. The van der Waals surface area contributed by atoms with Crippen LogP contribution in [0.1, 0.15) is 35.6 Å². The highest BCUT2D eigenvalue weighted by Crippen LogP contribution is 2.38. The van der Waals surface area contributed by atoms with E-state index in [1.165, 1.54) is 0 Å². The van der Waals surface area contributed by atoms with Gasteiger partial charge in [0.05, 0.1) is 22.0 Å². The van der Waals surface area contributed by atoms with Crippen molar-refractivity contribution in [2.24, 2.45) is 0 Å². The van der Waals surface area contributed by atoms with Crippen LogP contribution in [-0.4, -0.2) is 19.9 Å². The number of allylic oxidation sites excluding steroid dienone is 1. The second kappa shape index (κ2) is 8.29. The molecule has 3 aromatic rings. The third-order valence-corrected chi connectivity index (χ3v) is 7.25. The molecule has 0 saturated carbocycles. The molecule has 0 bridgehead atoms. The normalized spacial score (nSPS) is 17.6. The SMILES string of the molecule is Cc1ccc(S(=O)(=O)C2=CN(Cc3ccccc3)CCCC2c2ccco2)cc1. The molecule has 1 aliphatic rings. The van der Waals surface area contributed by atoms with Crippen molar-refractivity contribution >= 4 is 9.84 Å². The number of rotatable bonds is 5. The third kappa shape index (κ3) is 4.30. The molecule has 0 radical (unpaired) electrons. The Hall–Kier alpha value is -2.79. The Balaban J connectivity index is 1.76. The van der Waals surface area contributed by atoms with Crippen molar-refractivity contribution in [2.45, 2.75) is 37.1 Å². The fraction of sp³-hybridized carbons (Fsp3) is 0.250. The van der Waals surface area contributed by atoms with Gasteiger partial charge in [0.25, 0.3) is 0 Å². The summed E-state index contributed by atoms with van der Waals surface area (Å²) in [6, 6.07) is 20.9. The molecule has 0 spiro atoms. The Labute approximate surface area is 172 Å². The maximum absolute atomic E-state index is 13.6. The standard InChI is InChI=1S/C24H25NO3S/c1-19-11-13-21(14-12-19)29(26,27)24-18-25(17-20-7-3-2-4-8-20)15-5-9-22(24)23-10-6-16-28-23/h2-4,6-8,10-14,16,18,22H,5,9,15,17H2,1H3. The Morgan fingerprint density at radius 2 is 1.76 bits per heavy atom. The van der Waals surface area contributed by atoms with Gasteiger partial charge in [-0.25, -0.2) is 8.42 Å². The van der Waals surface area contributed by atoms with Crippen LogP contribution in [0.3, 0.4) is 0 Å². The van der Waals surface area contributed by atoms with Gasteiger partial charge in [-0.15, -0.1) is 0 Å². The molecule has 0 N–H and O–H groups in total. The van der Waals surface area contributed by atoms with Gasteiger partial charge in [0.1, 0.15) is 5.76 Å². The minimum absolute atomic E-state index is 0.280. The van der Waals surface area contributed by atoms with Gasteiger partial charge in [0.2, 0.25) is 9.84 Å². The largest absolute Gasteiger partial charge is 0.469 e. The number of hydrogen-bond acceptors (Lipinski definition) is 4. The lowest BCUT2D eigenvalue weighted by atomic mass is 10.0. The van der Waals surface area contributed by atoms with Crippen molar-refractivity contribution in [3.63, 3.8) is 0 Å². The third-order valence-electron chi connectivity index (χ3n) is 5.35. The quantitative estimate of drug-likeness (QED) is 0.577. The zero-order chi connectivity index (χ0) is 20.3. The molecule has 29 heavy (non-hydrogen) atoms. The Kier molecular flexibility index (Phi) is 5.58. The molecule has 4 rings (SSSR count). The zero-order valence-corrected chi connectivity index (χ0v) is 17.3. The average molecular weight is 408 g/mol. The van der Waals surface area contributed by atoms with E-state index in [-0.39, 0.29) is 5.92 Å². The van der Waals surface area contributed by atoms with Crippen LogP contribution in [0.4, 0.5) is 0 Å². The number of sulfone groups is 1. The highest BCUT2D eigenvalue weighted by atomic mass is 32.2. The number of aryl methyl sites for hydroxylation is 1. The van der Waals surface area contributed by atoms with Crippen LogP contribution < -0.4 is 0 Å². The fourth-order valence-electron chi connectivity index (χ4n) is 3.80. The molecule has 1 aromatic heterocycles. The Morgan fingerprint density at radius 3 is 2.45 bits per heavy atom. The zero-order valence-electron chi connectivity index (χ0n) is 16.5. The summed E-state index contributed by atoms with van der Waals surface area (Å²) in [5, 5.41) is 0. The Morgan fingerprint density at radius 1 is 1.00 bits per heavy atom. The lowest BCUT2D eigenvalue weighted by Gasteiger charge is -2.21. The lowest BCUT2D eigenvalue weighted by Crippen LogP contribution is -2.19. The summed E-state index contributed by atoms with van der Waals surface area (Å²) in [7, 11) is -3.64. The molecule has 0 fully saturated rings. The monoisotopic (exact) mass is 407 g/mol. The van der Waals surface area contributed by atoms with Crippen LogP contribution in [0.25, 0.3) is 0 Å². The minimum Gasteiger partial charge on any atom is -0.469 e. The molecule has 0 aliphatic carbocycles. The summed E-state index contributed by atoms with van der Waals surface area (Å²) >= 11 is 0. The van der Waals surface area contributed by atoms with Crippen molar-refractivity contribution in [1.82, 2.24) is 4.90 Å². The van der Waals surface area contributed by atoms with Crippen LogP contribution >= 0.6 is 0 Å². The van der Waals surface area contributed by atoms with Gasteiger partial charge in [-0.05, 0) is 49.6 Å². The molecule has 4 nitrogen and oxygen atoms in total. The van der Waals surface area contributed by atoms with E-state index in [9.17, 15) is 8.42 Å². The summed E-state index contributed by atoms with van der Waals surface area (Å²) in [6.45, 7) is 3.44. The van der Waals surface area contributed by atoms with Crippen molar-refractivity contribution in [3.05, 3.63) is 101 Å². The minimum atomic E-state index is -3.64. The van der Waals surface area contributed by atoms with Crippen LogP contribution in [-0.2, 0) is 16.4 Å². The summed E-state index contributed by atoms with van der Waals surface area (Å²) in [6.07, 6.45) is 5.07. The van der Waals surface area contributed by atoms with Gasteiger partial charge in [0, 0.05) is 19.3 Å². The second-order valence-corrected chi connectivity index (χ2v) is 9.46. The molecule has 2 heterocycles. The van der Waals surface area contributed by atoms with Crippen molar-refractivity contribution in [2.75, 3.05) is 6.54 Å². The molecule has 0 amide bonds. The van der Waals surface area contributed by atoms with E-state index in [4.69, 9.17) is 4.42 Å². The predicted octanol–water partition coefficient (Wildman–Crippen LogP) is 5.28. The molecular formula is C24H25NO3S. The molecule has 150 valence electrons. The molecule has 5 heteroatoms. The second-order valence-electron chi connectivity index (χ2n) is 7.51. The number of furan rings is 1. The summed E-state index contributed by atoms with van der Waals surface area (Å²) in [4.78, 5) is 2.84. The van der Waals surface area contributed by atoms with Crippen LogP contribution in [0.2, 0.25) is 0 Å². The summed E-state index contributed by atoms with van der Waals surface area (Å²) in [5.74, 6) is 0.422. The first-order valence-corrected chi connectivity index (χ1v) is 11.4. The molecular weight excluding hydrogens is 382 g/mol. The van der Waals surface area contributed by atoms with Crippen LogP contribution in [0.15, 0.2) is 93.4 Å². The molecule has 1 unspecified atom stereocenters. The van der Waals surface area contributed by atoms with E-state index in [0.29, 0.717) is 22.1 Å². The molecule has 0 saturated heterocycles. The van der Waals surface area contributed by atoms with E-state index in [1.54, 1.807) is 18.4 Å². The lowest BCUT2D eigenvalue weighted by molar-refractivity contribution is 0.364. The first-order chi connectivity index (χ1) is 14.0. The maximum atomic E-state index is 13.6. The average Bonchev–Trinajstić information content (AvgIpc) is 3.17. The topological polar surface area (TPSA) is 50.5 Å². The highest BCUT2D eigenvalue weighted by molar-refractivity contribution is 7.95. The molecule has 1 aliphatic heterocycles.